The van der Waals surface area contributed by atoms with Gasteiger partial charge in [0.25, 0.3) is 0 Å². The minimum absolute atomic E-state index is 0.116. The Morgan fingerprint density at radius 3 is 2.72 bits per heavy atom. The number of nitrogens with zero attached hydrogens (tertiary/aromatic N) is 2. The molecule has 7 nitrogen and oxygen atoms in total. The van der Waals surface area contributed by atoms with Crippen molar-refractivity contribution >= 4 is 10.0 Å². The van der Waals surface area contributed by atoms with Crippen LogP contribution in [0.15, 0.2) is 35.2 Å². The van der Waals surface area contributed by atoms with Crippen molar-refractivity contribution in [1.82, 2.24) is 14.5 Å². The van der Waals surface area contributed by atoms with Crippen LogP contribution in [0.5, 0.6) is 0 Å². The van der Waals surface area contributed by atoms with E-state index in [2.05, 4.69) is 9.82 Å². The number of aryl methyl sites for hydroxylation is 1. The van der Waals surface area contributed by atoms with Crippen LogP contribution in [0.25, 0.3) is 5.69 Å². The van der Waals surface area contributed by atoms with Crippen LogP contribution in [0.1, 0.15) is 17.8 Å². The van der Waals surface area contributed by atoms with Gasteiger partial charge in [-0.3, -0.25) is 0 Å². The van der Waals surface area contributed by atoms with Crippen molar-refractivity contribution in [3.05, 3.63) is 41.7 Å². The van der Waals surface area contributed by atoms with Crippen LogP contribution in [-0.4, -0.2) is 43.0 Å². The van der Waals surface area contributed by atoms with Gasteiger partial charge in [-0.05, 0) is 32.4 Å². The van der Waals surface area contributed by atoms with E-state index in [0.717, 1.165) is 12.1 Å². The minimum atomic E-state index is -3.73. The Balaban J connectivity index is 1.66. The maximum Gasteiger partial charge on any atom is 0.244 e. The molecule has 1 aliphatic carbocycles. The van der Waals surface area contributed by atoms with Gasteiger partial charge in [-0.15, -0.1) is 0 Å². The molecule has 1 aromatic carbocycles. The van der Waals surface area contributed by atoms with Gasteiger partial charge in [0.05, 0.1) is 29.2 Å². The van der Waals surface area contributed by atoms with Gasteiger partial charge < -0.3 is 10.5 Å². The molecule has 2 fully saturated rings. The zero-order valence-corrected chi connectivity index (χ0v) is 15.0. The Morgan fingerprint density at radius 2 is 2.00 bits per heavy atom. The Kier molecular flexibility index (Phi) is 3.95. The molecule has 1 aliphatic heterocycles. The van der Waals surface area contributed by atoms with Gasteiger partial charge in [-0.1, -0.05) is 18.2 Å². The highest BCUT2D eigenvalue weighted by atomic mass is 32.2. The SMILES string of the molecule is Cc1nn(-c2ccccc2)c(C)c1S(=O)(=O)NC1C(N)C2CCOC21. The fourth-order valence-electron chi connectivity index (χ4n) is 3.97. The van der Waals surface area contributed by atoms with E-state index < -0.39 is 10.0 Å². The number of fused-ring (bicyclic) bond motifs is 1. The normalized spacial score (nSPS) is 28.6. The number of sulfonamides is 1. The monoisotopic (exact) mass is 362 g/mol. The van der Waals surface area contributed by atoms with E-state index in [1.165, 1.54) is 0 Å². The lowest BCUT2D eigenvalue weighted by molar-refractivity contribution is -0.00924. The third-order valence-corrected chi connectivity index (χ3v) is 6.94. The van der Waals surface area contributed by atoms with Gasteiger partial charge in [0.2, 0.25) is 10.0 Å². The van der Waals surface area contributed by atoms with Crippen molar-refractivity contribution in [3.8, 4) is 5.69 Å². The summed E-state index contributed by atoms with van der Waals surface area (Å²) in [7, 11) is -3.73. The Bertz CT molecular complexity index is 894. The fourth-order valence-corrected chi connectivity index (χ4v) is 5.64. The first kappa shape index (κ1) is 16.7. The molecule has 2 aromatic rings. The lowest BCUT2D eigenvalue weighted by Crippen LogP contribution is -2.68. The number of nitrogens with one attached hydrogen (secondary N) is 1. The number of nitrogens with two attached hydrogens (primary N) is 1. The van der Waals surface area contributed by atoms with Crippen LogP contribution >= 0.6 is 0 Å². The summed E-state index contributed by atoms with van der Waals surface area (Å²) < 4.78 is 36.0. The molecule has 0 radical (unpaired) electrons. The maximum absolute atomic E-state index is 13.0. The molecule has 25 heavy (non-hydrogen) atoms. The average Bonchev–Trinajstić information content (AvgIpc) is 3.15. The summed E-state index contributed by atoms with van der Waals surface area (Å²) in [4.78, 5) is 0.213. The van der Waals surface area contributed by atoms with E-state index in [-0.39, 0.29) is 29.0 Å². The first-order chi connectivity index (χ1) is 11.9. The summed E-state index contributed by atoms with van der Waals surface area (Å²) in [5, 5.41) is 4.42. The Hall–Kier alpha value is -1.74. The van der Waals surface area contributed by atoms with Crippen LogP contribution in [0.4, 0.5) is 0 Å². The molecule has 0 spiro atoms. The quantitative estimate of drug-likeness (QED) is 0.841. The highest BCUT2D eigenvalue weighted by Crippen LogP contribution is 2.38. The van der Waals surface area contributed by atoms with E-state index in [4.69, 9.17) is 10.5 Å². The smallest absolute Gasteiger partial charge is 0.244 e. The van der Waals surface area contributed by atoms with Crippen molar-refractivity contribution < 1.29 is 13.2 Å². The summed E-state index contributed by atoms with van der Waals surface area (Å²) >= 11 is 0. The third-order valence-electron chi connectivity index (χ3n) is 5.23. The molecule has 2 heterocycles. The average molecular weight is 362 g/mol. The molecule has 134 valence electrons. The first-order valence-electron chi connectivity index (χ1n) is 8.41. The number of aromatic nitrogens is 2. The fraction of sp³-hybridized carbons (Fsp3) is 0.471. The number of hydrogen-bond acceptors (Lipinski definition) is 5. The van der Waals surface area contributed by atoms with Crippen molar-refractivity contribution in [2.45, 2.75) is 43.4 Å². The highest BCUT2D eigenvalue weighted by Gasteiger charge is 2.53. The van der Waals surface area contributed by atoms with Gasteiger partial charge in [-0.2, -0.15) is 5.10 Å². The van der Waals surface area contributed by atoms with Crippen LogP contribution in [-0.2, 0) is 14.8 Å². The first-order valence-corrected chi connectivity index (χ1v) is 9.89. The van der Waals surface area contributed by atoms with Gasteiger partial charge in [0.1, 0.15) is 4.90 Å². The van der Waals surface area contributed by atoms with E-state index in [0.29, 0.717) is 18.0 Å². The minimum Gasteiger partial charge on any atom is -0.376 e. The van der Waals surface area contributed by atoms with Gasteiger partial charge in [0.15, 0.2) is 0 Å². The predicted octanol–water partition coefficient (Wildman–Crippen LogP) is 0.882. The predicted molar refractivity (Wildman–Crippen MR) is 93.0 cm³/mol. The molecule has 1 saturated heterocycles. The van der Waals surface area contributed by atoms with Crippen LogP contribution in [0, 0.1) is 19.8 Å². The van der Waals surface area contributed by atoms with E-state index in [9.17, 15) is 8.42 Å². The zero-order chi connectivity index (χ0) is 17.8. The summed E-state index contributed by atoms with van der Waals surface area (Å²) in [6, 6.07) is 8.89. The second kappa shape index (κ2) is 5.91. The number of rotatable bonds is 4. The van der Waals surface area contributed by atoms with Crippen molar-refractivity contribution in [1.29, 1.82) is 0 Å². The lowest BCUT2D eigenvalue weighted by atomic mass is 9.73. The second-order valence-electron chi connectivity index (χ2n) is 6.76. The molecule has 1 aromatic heterocycles. The zero-order valence-electron chi connectivity index (χ0n) is 14.2. The molecular formula is C17H22N4O3S. The highest BCUT2D eigenvalue weighted by molar-refractivity contribution is 7.89. The van der Waals surface area contributed by atoms with Crippen LogP contribution in [0.3, 0.4) is 0 Å². The number of benzene rings is 1. The lowest BCUT2D eigenvalue weighted by Gasteiger charge is -2.45. The molecule has 4 unspecified atom stereocenters. The molecule has 8 heteroatoms. The van der Waals surface area contributed by atoms with Gasteiger partial charge >= 0.3 is 0 Å². The maximum atomic E-state index is 13.0. The molecule has 0 bridgehead atoms. The molecule has 2 aliphatic rings. The van der Waals surface area contributed by atoms with E-state index in [1.54, 1.807) is 18.5 Å². The van der Waals surface area contributed by atoms with E-state index in [1.807, 2.05) is 30.3 Å². The van der Waals surface area contributed by atoms with Crippen molar-refractivity contribution in [2.24, 2.45) is 11.7 Å². The van der Waals surface area contributed by atoms with Gasteiger partial charge in [0, 0.05) is 18.6 Å². The van der Waals surface area contributed by atoms with E-state index >= 15 is 0 Å². The molecule has 3 N–H and O–H groups in total. The molecule has 0 amide bonds. The number of ether oxygens (including phenoxy) is 1. The summed E-state index contributed by atoms with van der Waals surface area (Å²) in [6.07, 6.45) is 0.781. The Morgan fingerprint density at radius 1 is 1.28 bits per heavy atom. The third kappa shape index (κ3) is 2.60. The summed E-state index contributed by atoms with van der Waals surface area (Å²) in [5.74, 6) is 0.252. The summed E-state index contributed by atoms with van der Waals surface area (Å²) in [6.45, 7) is 4.11. The molecule has 4 rings (SSSR count). The Labute approximate surface area is 147 Å². The van der Waals surface area contributed by atoms with Crippen LogP contribution in [0.2, 0.25) is 0 Å². The largest absolute Gasteiger partial charge is 0.376 e. The topological polar surface area (TPSA) is 99.2 Å². The molecule has 1 saturated carbocycles. The summed E-state index contributed by atoms with van der Waals surface area (Å²) in [5.41, 5.74) is 8.00. The standard InChI is InChI=1S/C17H22N4O3S/c1-10-17(11(2)21(19-10)12-6-4-3-5-7-12)25(22,23)20-15-14(18)13-8-9-24-16(13)15/h3-7,13-16,20H,8-9,18H2,1-2H3. The van der Waals surface area contributed by atoms with Crippen molar-refractivity contribution in [3.63, 3.8) is 0 Å². The molecular weight excluding hydrogens is 340 g/mol. The second-order valence-corrected chi connectivity index (χ2v) is 8.41. The number of hydrogen-bond donors (Lipinski definition) is 2. The number of para-hydroxylation sites is 1. The molecule has 4 atom stereocenters. The van der Waals surface area contributed by atoms with Crippen molar-refractivity contribution in [2.75, 3.05) is 6.61 Å². The van der Waals surface area contributed by atoms with Gasteiger partial charge in [-0.25, -0.2) is 17.8 Å². The van der Waals surface area contributed by atoms with Crippen LogP contribution < -0.4 is 10.5 Å².